The van der Waals surface area contributed by atoms with E-state index in [1.165, 1.54) is 12.3 Å². The third-order valence-corrected chi connectivity index (χ3v) is 2.68. The molecule has 2 rings (SSSR count). The molecule has 17 heavy (non-hydrogen) atoms. The van der Waals surface area contributed by atoms with Crippen molar-refractivity contribution < 1.29 is 24.9 Å². The first-order valence-corrected chi connectivity index (χ1v) is 5.02. The molecule has 0 spiro atoms. The molecular weight excluding hydrogens is 230 g/mol. The fourth-order valence-corrected chi connectivity index (χ4v) is 1.79. The molecule has 1 saturated heterocycles. The number of carbonyl (C=O) groups is 1. The molecular formula is C9H13N3O5. The molecule has 94 valence electrons. The van der Waals surface area contributed by atoms with E-state index in [2.05, 4.69) is 5.10 Å². The normalized spacial score (nSPS) is 32.9. The smallest absolute Gasteiger partial charge is 0.267 e. The first-order valence-electron chi connectivity index (χ1n) is 5.02. The van der Waals surface area contributed by atoms with Gasteiger partial charge in [0, 0.05) is 6.20 Å². The number of nitrogens with two attached hydrogens (primary N) is 1. The second kappa shape index (κ2) is 4.41. The van der Waals surface area contributed by atoms with Crippen LogP contribution in [-0.4, -0.2) is 55.9 Å². The number of hydrogen-bond donors (Lipinski definition) is 4. The van der Waals surface area contributed by atoms with E-state index >= 15 is 0 Å². The summed E-state index contributed by atoms with van der Waals surface area (Å²) in [4.78, 5) is 11.1. The highest BCUT2D eigenvalue weighted by atomic mass is 16.6. The maximum absolute atomic E-state index is 11.1. The lowest BCUT2D eigenvalue weighted by atomic mass is 10.1. The Kier molecular flexibility index (Phi) is 3.11. The van der Waals surface area contributed by atoms with E-state index in [1.807, 2.05) is 0 Å². The average Bonchev–Trinajstić information content (AvgIpc) is 2.86. The second-order valence-corrected chi connectivity index (χ2v) is 3.75. The van der Waals surface area contributed by atoms with Crippen LogP contribution in [0.2, 0.25) is 0 Å². The Bertz CT molecular complexity index is 421. The summed E-state index contributed by atoms with van der Waals surface area (Å²) in [5, 5.41) is 32.0. The summed E-state index contributed by atoms with van der Waals surface area (Å²) in [5.41, 5.74) is 5.18. The molecule has 0 aliphatic carbocycles. The van der Waals surface area contributed by atoms with Crippen molar-refractivity contribution in [1.29, 1.82) is 0 Å². The Hall–Kier alpha value is -1.48. The fraction of sp³-hybridized carbons (Fsp3) is 0.556. The van der Waals surface area contributed by atoms with Crippen molar-refractivity contribution in [1.82, 2.24) is 9.78 Å². The zero-order valence-electron chi connectivity index (χ0n) is 8.80. The third kappa shape index (κ3) is 1.91. The summed E-state index contributed by atoms with van der Waals surface area (Å²) in [5.74, 6) is -0.722. The zero-order valence-corrected chi connectivity index (χ0v) is 8.80. The number of ether oxygens (including phenoxy) is 1. The maximum Gasteiger partial charge on any atom is 0.267 e. The molecule has 0 bridgehead atoms. The molecule has 1 aromatic rings. The molecule has 1 aliphatic rings. The molecule has 1 aliphatic heterocycles. The van der Waals surface area contributed by atoms with Gasteiger partial charge in [-0.2, -0.15) is 5.10 Å². The minimum atomic E-state index is -1.29. The summed E-state index contributed by atoms with van der Waals surface area (Å²) >= 11 is 0. The van der Waals surface area contributed by atoms with Crippen molar-refractivity contribution in [2.45, 2.75) is 24.5 Å². The highest BCUT2D eigenvalue weighted by Gasteiger charge is 2.44. The Morgan fingerprint density at radius 3 is 2.76 bits per heavy atom. The van der Waals surface area contributed by atoms with E-state index in [1.54, 1.807) is 0 Å². The fourth-order valence-electron chi connectivity index (χ4n) is 1.79. The number of nitrogens with zero attached hydrogens (tertiary/aromatic N) is 2. The van der Waals surface area contributed by atoms with Gasteiger partial charge in [-0.15, -0.1) is 0 Å². The van der Waals surface area contributed by atoms with Crippen LogP contribution in [0.4, 0.5) is 0 Å². The van der Waals surface area contributed by atoms with Crippen LogP contribution >= 0.6 is 0 Å². The molecule has 8 heteroatoms. The average molecular weight is 243 g/mol. The number of hydrogen-bond acceptors (Lipinski definition) is 6. The predicted octanol–water partition coefficient (Wildman–Crippen LogP) is -2.41. The lowest BCUT2D eigenvalue weighted by Gasteiger charge is -2.16. The number of primary amides is 1. The van der Waals surface area contributed by atoms with Crippen LogP contribution in [0.5, 0.6) is 0 Å². The number of aliphatic hydroxyl groups excluding tert-OH is 3. The number of rotatable bonds is 3. The summed E-state index contributed by atoms with van der Waals surface area (Å²) < 4.78 is 6.30. The molecule has 1 fully saturated rings. The lowest BCUT2D eigenvalue weighted by Crippen LogP contribution is -2.34. The van der Waals surface area contributed by atoms with Gasteiger partial charge in [-0.05, 0) is 6.07 Å². The Morgan fingerprint density at radius 2 is 2.24 bits per heavy atom. The zero-order chi connectivity index (χ0) is 12.6. The summed E-state index contributed by atoms with van der Waals surface area (Å²) in [6.07, 6.45) is -3.16. The van der Waals surface area contributed by atoms with Crippen LogP contribution in [-0.2, 0) is 4.74 Å². The topological polar surface area (TPSA) is 131 Å². The van der Waals surface area contributed by atoms with Gasteiger partial charge in [0.2, 0.25) is 0 Å². The van der Waals surface area contributed by atoms with Gasteiger partial charge in [0.1, 0.15) is 24.0 Å². The molecule has 0 radical (unpaired) electrons. The molecule has 8 nitrogen and oxygen atoms in total. The van der Waals surface area contributed by atoms with Crippen molar-refractivity contribution in [2.75, 3.05) is 6.61 Å². The third-order valence-electron chi connectivity index (χ3n) is 2.68. The van der Waals surface area contributed by atoms with E-state index in [4.69, 9.17) is 15.6 Å². The van der Waals surface area contributed by atoms with Crippen molar-refractivity contribution in [3.05, 3.63) is 18.0 Å². The molecule has 1 aromatic heterocycles. The lowest BCUT2D eigenvalue weighted by molar-refractivity contribution is -0.0593. The summed E-state index contributed by atoms with van der Waals surface area (Å²) in [6.45, 7) is -0.443. The molecule has 5 N–H and O–H groups in total. The van der Waals surface area contributed by atoms with Crippen molar-refractivity contribution >= 4 is 5.91 Å². The number of carbonyl (C=O) groups excluding carboxylic acids is 1. The summed E-state index contributed by atoms with van der Waals surface area (Å²) in [7, 11) is 0. The highest BCUT2D eigenvalue weighted by molar-refractivity contribution is 5.90. The van der Waals surface area contributed by atoms with Gasteiger partial charge >= 0.3 is 0 Å². The Morgan fingerprint density at radius 1 is 1.53 bits per heavy atom. The maximum atomic E-state index is 11.1. The monoisotopic (exact) mass is 243 g/mol. The molecule has 2 heterocycles. The second-order valence-electron chi connectivity index (χ2n) is 3.75. The highest BCUT2D eigenvalue weighted by Crippen LogP contribution is 2.29. The van der Waals surface area contributed by atoms with Crippen LogP contribution in [0, 0.1) is 0 Å². The largest absolute Gasteiger partial charge is 0.394 e. The van der Waals surface area contributed by atoms with Crippen LogP contribution in [0.3, 0.4) is 0 Å². The summed E-state index contributed by atoms with van der Waals surface area (Å²) in [6, 6.07) is 1.37. The Labute approximate surface area is 96.2 Å². The van der Waals surface area contributed by atoms with E-state index in [-0.39, 0.29) is 5.69 Å². The molecule has 0 unspecified atom stereocenters. The van der Waals surface area contributed by atoms with E-state index in [9.17, 15) is 15.0 Å². The van der Waals surface area contributed by atoms with E-state index in [0.717, 1.165) is 4.68 Å². The van der Waals surface area contributed by atoms with Crippen molar-refractivity contribution in [3.63, 3.8) is 0 Å². The molecule has 4 atom stereocenters. The van der Waals surface area contributed by atoms with Crippen LogP contribution in [0.1, 0.15) is 16.7 Å². The van der Waals surface area contributed by atoms with Crippen LogP contribution in [0.25, 0.3) is 0 Å². The predicted molar refractivity (Wildman–Crippen MR) is 53.8 cm³/mol. The minimum absolute atomic E-state index is 0.0554. The van der Waals surface area contributed by atoms with Gasteiger partial charge in [0.05, 0.1) is 6.61 Å². The quantitative estimate of drug-likeness (QED) is 0.468. The van der Waals surface area contributed by atoms with E-state index in [0.29, 0.717) is 0 Å². The molecule has 0 saturated carbocycles. The van der Waals surface area contributed by atoms with Gasteiger partial charge in [-0.3, -0.25) is 4.79 Å². The van der Waals surface area contributed by atoms with Gasteiger partial charge in [0.15, 0.2) is 6.23 Å². The van der Waals surface area contributed by atoms with Crippen LogP contribution < -0.4 is 5.73 Å². The van der Waals surface area contributed by atoms with Crippen molar-refractivity contribution in [3.8, 4) is 0 Å². The van der Waals surface area contributed by atoms with E-state index < -0.39 is 37.1 Å². The number of aliphatic hydroxyl groups is 3. The minimum Gasteiger partial charge on any atom is -0.394 e. The van der Waals surface area contributed by atoms with Gasteiger partial charge in [-0.1, -0.05) is 0 Å². The van der Waals surface area contributed by atoms with Gasteiger partial charge in [0.25, 0.3) is 5.91 Å². The Balaban J connectivity index is 2.29. The number of amides is 1. The molecule has 0 aromatic carbocycles. The SMILES string of the molecule is NC(=O)c1ccnn1[C@@H]1O[C@H](CO)[C@@H](O)[C@H]1O. The first-order chi connectivity index (χ1) is 8.06. The van der Waals surface area contributed by atoms with Gasteiger partial charge < -0.3 is 25.8 Å². The standard InChI is InChI=1S/C9H13N3O5/c10-8(16)4-1-2-11-12(4)9-7(15)6(14)5(3-13)17-9/h1-2,5-7,9,13-15H,3H2,(H2,10,16)/t5-,6-,7-,9-/m1/s1. The first kappa shape index (κ1) is 12.0. The molecule has 1 amide bonds. The van der Waals surface area contributed by atoms with Crippen molar-refractivity contribution in [2.24, 2.45) is 5.73 Å². The van der Waals surface area contributed by atoms with Gasteiger partial charge in [-0.25, -0.2) is 4.68 Å². The van der Waals surface area contributed by atoms with Crippen LogP contribution in [0.15, 0.2) is 12.3 Å². The number of aromatic nitrogens is 2.